The third-order valence-corrected chi connectivity index (χ3v) is 6.43. The quantitative estimate of drug-likeness (QED) is 0.724. The molecule has 0 bridgehead atoms. The second-order valence-electron chi connectivity index (χ2n) is 6.94. The molecule has 3 nitrogen and oxygen atoms in total. The summed E-state index contributed by atoms with van der Waals surface area (Å²) in [5.41, 5.74) is 3.52. The Hall–Kier alpha value is -1.75. The molecule has 0 spiro atoms. The zero-order chi connectivity index (χ0) is 16.3. The molecule has 0 radical (unpaired) electrons. The number of nitrogens with zero attached hydrogens (tertiary/aromatic N) is 2. The van der Waals surface area contributed by atoms with Gasteiger partial charge < -0.3 is 14.8 Å². The Labute approximate surface area is 149 Å². The Morgan fingerprint density at radius 1 is 1.08 bits per heavy atom. The van der Waals surface area contributed by atoms with E-state index in [2.05, 4.69) is 55.4 Å². The van der Waals surface area contributed by atoms with E-state index in [1.807, 2.05) is 12.1 Å². The molecule has 1 N–H and O–H groups in total. The molecule has 1 aromatic heterocycles. The van der Waals surface area contributed by atoms with E-state index in [9.17, 15) is 4.39 Å². The van der Waals surface area contributed by atoms with E-state index in [0.29, 0.717) is 16.9 Å². The Bertz CT molecular complexity index is 797. The molecule has 3 aliphatic rings. The van der Waals surface area contributed by atoms with Crippen LogP contribution in [-0.4, -0.2) is 20.3 Å². The lowest BCUT2D eigenvalue weighted by molar-refractivity contribution is 0.0827. The first-order valence-electron chi connectivity index (χ1n) is 8.52. The van der Waals surface area contributed by atoms with Gasteiger partial charge in [-0.1, -0.05) is 28.1 Å². The Kier molecular flexibility index (Phi) is 3.27. The highest BCUT2D eigenvalue weighted by molar-refractivity contribution is 9.09. The zero-order valence-electron chi connectivity index (χ0n) is 13.2. The number of nitrogens with one attached hydrogen (secondary N) is 1. The topological polar surface area (TPSA) is 20.2 Å². The summed E-state index contributed by atoms with van der Waals surface area (Å²) in [7, 11) is 0. The highest BCUT2D eigenvalue weighted by Gasteiger charge is 2.43. The van der Waals surface area contributed by atoms with Gasteiger partial charge in [0.25, 0.3) is 0 Å². The lowest BCUT2D eigenvalue weighted by Crippen LogP contribution is -2.49. The molecule has 1 fully saturated rings. The first kappa shape index (κ1) is 14.6. The Morgan fingerprint density at radius 3 is 2.75 bits per heavy atom. The van der Waals surface area contributed by atoms with Crippen LogP contribution >= 0.6 is 15.9 Å². The van der Waals surface area contributed by atoms with Crippen molar-refractivity contribution in [2.45, 2.75) is 42.3 Å². The molecule has 0 amide bonds. The third kappa shape index (κ3) is 2.14. The van der Waals surface area contributed by atoms with E-state index in [1.54, 1.807) is 0 Å². The van der Waals surface area contributed by atoms with Gasteiger partial charge >= 0.3 is 0 Å². The zero-order valence-corrected chi connectivity index (χ0v) is 14.8. The molecule has 1 aliphatic carbocycles. The van der Waals surface area contributed by atoms with Crippen molar-refractivity contribution in [2.24, 2.45) is 0 Å². The van der Waals surface area contributed by atoms with Crippen LogP contribution in [0.25, 0.3) is 11.1 Å². The van der Waals surface area contributed by atoms with Gasteiger partial charge in [0.05, 0.1) is 17.8 Å². The maximum Gasteiger partial charge on any atom is 0.140 e. The van der Waals surface area contributed by atoms with Crippen molar-refractivity contribution < 1.29 is 4.39 Å². The van der Waals surface area contributed by atoms with Gasteiger partial charge in [-0.25, -0.2) is 4.39 Å². The standard InChI is InChI=1S/C19H19BrFN3/c20-14-3-6-16-17(10-14)24-11-13(12-1-4-15(21)5-2-12)9-18(24)19-22-7-8-23(16)19/h1-2,4-5,7-9,11,14,16-17,19,22H,3,6,10H2. The van der Waals surface area contributed by atoms with Gasteiger partial charge in [-0.3, -0.25) is 0 Å². The fraction of sp³-hybridized carbons (Fsp3) is 0.368. The van der Waals surface area contributed by atoms with Gasteiger partial charge in [-0.05, 0) is 48.6 Å². The molecular weight excluding hydrogens is 369 g/mol. The van der Waals surface area contributed by atoms with Gasteiger partial charge in [0.15, 0.2) is 0 Å². The smallest absolute Gasteiger partial charge is 0.140 e. The molecule has 0 saturated heterocycles. The van der Waals surface area contributed by atoms with Crippen molar-refractivity contribution in [3.05, 3.63) is 60.4 Å². The highest BCUT2D eigenvalue weighted by atomic mass is 79.9. The fourth-order valence-corrected chi connectivity index (χ4v) is 5.11. The average molecular weight is 388 g/mol. The van der Waals surface area contributed by atoms with Crippen molar-refractivity contribution in [3.8, 4) is 11.1 Å². The lowest BCUT2D eigenvalue weighted by Gasteiger charge is -2.48. The number of rotatable bonds is 1. The fourth-order valence-electron chi connectivity index (χ4n) is 4.46. The first-order chi connectivity index (χ1) is 11.7. The SMILES string of the molecule is Fc1ccc(-c2cc3n(c2)C2CC(Br)CCC2N2C=CNC32)cc1. The van der Waals surface area contributed by atoms with Crippen molar-refractivity contribution in [1.29, 1.82) is 0 Å². The van der Waals surface area contributed by atoms with Crippen LogP contribution in [0.2, 0.25) is 0 Å². The van der Waals surface area contributed by atoms with Crippen molar-refractivity contribution in [3.63, 3.8) is 0 Å². The number of benzene rings is 1. The molecule has 2 aromatic rings. The monoisotopic (exact) mass is 387 g/mol. The van der Waals surface area contributed by atoms with Gasteiger partial charge in [0, 0.05) is 23.4 Å². The number of fused-ring (bicyclic) bond motifs is 6. The molecule has 3 heterocycles. The molecule has 1 aromatic carbocycles. The first-order valence-corrected chi connectivity index (χ1v) is 9.44. The number of alkyl halides is 1. The minimum atomic E-state index is -0.190. The molecule has 24 heavy (non-hydrogen) atoms. The summed E-state index contributed by atoms with van der Waals surface area (Å²) < 4.78 is 15.7. The van der Waals surface area contributed by atoms with Crippen LogP contribution in [0, 0.1) is 5.82 Å². The summed E-state index contributed by atoms with van der Waals surface area (Å²) >= 11 is 3.83. The summed E-state index contributed by atoms with van der Waals surface area (Å²) in [5, 5.41) is 3.49. The van der Waals surface area contributed by atoms with Crippen LogP contribution in [-0.2, 0) is 0 Å². The van der Waals surface area contributed by atoms with Gasteiger partial charge in [-0.15, -0.1) is 0 Å². The number of aromatic nitrogens is 1. The van der Waals surface area contributed by atoms with E-state index in [-0.39, 0.29) is 12.0 Å². The van der Waals surface area contributed by atoms with E-state index < -0.39 is 0 Å². The van der Waals surface area contributed by atoms with Crippen LogP contribution in [0.3, 0.4) is 0 Å². The minimum Gasteiger partial charge on any atom is -0.365 e. The molecule has 1 saturated carbocycles. The highest BCUT2D eigenvalue weighted by Crippen LogP contribution is 2.46. The molecule has 5 heteroatoms. The van der Waals surface area contributed by atoms with Crippen LogP contribution in [0.1, 0.15) is 37.2 Å². The molecule has 4 atom stereocenters. The summed E-state index contributed by atoms with van der Waals surface area (Å²) in [6, 6.07) is 10.1. The summed E-state index contributed by atoms with van der Waals surface area (Å²) in [5.74, 6) is -0.190. The van der Waals surface area contributed by atoms with Crippen molar-refractivity contribution >= 4 is 15.9 Å². The van der Waals surface area contributed by atoms with Gasteiger partial charge in [-0.2, -0.15) is 0 Å². The molecule has 5 rings (SSSR count). The van der Waals surface area contributed by atoms with Gasteiger partial charge in [0.1, 0.15) is 12.0 Å². The summed E-state index contributed by atoms with van der Waals surface area (Å²) in [4.78, 5) is 3.06. The molecule has 2 aliphatic heterocycles. The molecular formula is C19H19BrFN3. The second-order valence-corrected chi connectivity index (χ2v) is 8.24. The molecule has 4 unspecified atom stereocenters. The second kappa shape index (κ2) is 5.38. The minimum absolute atomic E-state index is 0.190. The number of halogens is 2. The van der Waals surface area contributed by atoms with Crippen LogP contribution < -0.4 is 5.32 Å². The van der Waals surface area contributed by atoms with E-state index in [1.165, 1.54) is 30.7 Å². The van der Waals surface area contributed by atoms with Crippen molar-refractivity contribution in [2.75, 3.05) is 0 Å². The summed E-state index contributed by atoms with van der Waals surface area (Å²) in [6.45, 7) is 0. The van der Waals surface area contributed by atoms with Crippen molar-refractivity contribution in [1.82, 2.24) is 14.8 Å². The Morgan fingerprint density at radius 2 is 1.92 bits per heavy atom. The Balaban J connectivity index is 1.60. The number of hydrogen-bond donors (Lipinski definition) is 1. The van der Waals surface area contributed by atoms with Crippen LogP contribution in [0.4, 0.5) is 4.39 Å². The van der Waals surface area contributed by atoms with Crippen LogP contribution in [0.5, 0.6) is 0 Å². The maximum atomic E-state index is 13.2. The normalized spacial score (nSPS) is 30.5. The lowest BCUT2D eigenvalue weighted by atomic mass is 9.87. The maximum absolute atomic E-state index is 13.2. The molecule has 124 valence electrons. The number of hydrogen-bond acceptors (Lipinski definition) is 2. The predicted octanol–water partition coefficient (Wildman–Crippen LogP) is 4.54. The van der Waals surface area contributed by atoms with E-state index in [4.69, 9.17) is 0 Å². The van der Waals surface area contributed by atoms with Crippen LogP contribution in [0.15, 0.2) is 48.9 Å². The van der Waals surface area contributed by atoms with E-state index in [0.717, 1.165) is 17.5 Å². The van der Waals surface area contributed by atoms with E-state index >= 15 is 0 Å². The largest absolute Gasteiger partial charge is 0.365 e. The third-order valence-electron chi connectivity index (χ3n) is 5.59. The average Bonchev–Trinajstić information content (AvgIpc) is 3.22. The van der Waals surface area contributed by atoms with Gasteiger partial charge in [0.2, 0.25) is 0 Å². The summed E-state index contributed by atoms with van der Waals surface area (Å²) in [6.07, 6.45) is 10.3. The predicted molar refractivity (Wildman–Crippen MR) is 96.1 cm³/mol.